The molecule has 0 atom stereocenters. The van der Waals surface area contributed by atoms with Crippen molar-refractivity contribution in [1.29, 1.82) is 0 Å². The van der Waals surface area contributed by atoms with Crippen molar-refractivity contribution in [3.05, 3.63) is 67.2 Å². The maximum Gasteiger partial charge on any atom is 0.338 e. The van der Waals surface area contributed by atoms with Crippen LogP contribution in [0.3, 0.4) is 0 Å². The van der Waals surface area contributed by atoms with Crippen LogP contribution < -0.4 is 0 Å². The lowest BCUT2D eigenvalue weighted by atomic mass is 10.1. The van der Waals surface area contributed by atoms with E-state index in [4.69, 9.17) is 8.94 Å². The predicted octanol–water partition coefficient (Wildman–Crippen LogP) is 5.70. The van der Waals surface area contributed by atoms with Gasteiger partial charge < -0.3 is 8.94 Å². The molecule has 0 fully saturated rings. The van der Waals surface area contributed by atoms with Crippen LogP contribution in [0, 0.1) is 30.9 Å². The number of benzene rings is 1. The highest BCUT2D eigenvalue weighted by atomic mass is 79.9. The molecular formula is C18H15BrN2O4. The van der Waals surface area contributed by atoms with Crippen molar-refractivity contribution in [2.24, 2.45) is 0 Å². The topological polar surface area (TPSA) is 82.3 Å². The van der Waals surface area contributed by atoms with Crippen LogP contribution in [0.2, 0.25) is 0 Å². The second kappa shape index (κ2) is 6.68. The lowest BCUT2D eigenvalue weighted by Gasteiger charge is -2.06. The number of nitrogens with zero attached hydrogens (tertiary/aromatic N) is 2. The summed E-state index contributed by atoms with van der Waals surface area (Å²) in [6.45, 7) is 5.62. The lowest BCUT2D eigenvalue weighted by molar-refractivity contribution is -0.386. The van der Waals surface area contributed by atoms with E-state index in [-0.39, 0.29) is 17.1 Å². The Morgan fingerprint density at radius 3 is 2.60 bits per heavy atom. The monoisotopic (exact) mass is 402 g/mol. The molecule has 0 aliphatic heterocycles. The average Bonchev–Trinajstić information content (AvgIpc) is 3.15. The lowest BCUT2D eigenvalue weighted by Crippen LogP contribution is -1.90. The highest BCUT2D eigenvalue weighted by Gasteiger charge is 2.22. The van der Waals surface area contributed by atoms with Gasteiger partial charge >= 0.3 is 5.69 Å². The number of furan rings is 1. The van der Waals surface area contributed by atoms with Crippen molar-refractivity contribution in [2.45, 2.75) is 20.8 Å². The van der Waals surface area contributed by atoms with Gasteiger partial charge in [-0.15, -0.1) is 0 Å². The number of aryl methyl sites for hydroxylation is 3. The van der Waals surface area contributed by atoms with E-state index >= 15 is 0 Å². The molecule has 0 N–H and O–H groups in total. The van der Waals surface area contributed by atoms with E-state index in [1.165, 1.54) is 24.1 Å². The third-order valence-corrected chi connectivity index (χ3v) is 4.57. The highest BCUT2D eigenvalue weighted by Crippen LogP contribution is 2.33. The minimum absolute atomic E-state index is 0.0906. The second-order valence-corrected chi connectivity index (χ2v) is 6.54. The minimum atomic E-state index is -0.509. The third kappa shape index (κ3) is 3.41. The molecule has 128 valence electrons. The van der Waals surface area contributed by atoms with Gasteiger partial charge in [0.05, 0.1) is 4.92 Å². The quantitative estimate of drug-likeness (QED) is 0.412. The molecule has 2 aromatic heterocycles. The predicted molar refractivity (Wildman–Crippen MR) is 98.1 cm³/mol. The first-order valence-corrected chi connectivity index (χ1v) is 8.32. The first-order valence-electron chi connectivity index (χ1n) is 7.52. The number of hydrogen-bond acceptors (Lipinski definition) is 5. The molecule has 0 aliphatic carbocycles. The van der Waals surface area contributed by atoms with E-state index in [0.29, 0.717) is 11.5 Å². The zero-order valence-electron chi connectivity index (χ0n) is 13.9. The van der Waals surface area contributed by atoms with Gasteiger partial charge in [-0.05, 0) is 68.3 Å². The number of hydrogen-bond donors (Lipinski definition) is 0. The second-order valence-electron chi connectivity index (χ2n) is 5.69. The molecule has 0 radical (unpaired) electrons. The minimum Gasteiger partial charge on any atom is -0.457 e. The molecule has 3 rings (SSSR count). The Morgan fingerprint density at radius 1 is 1.16 bits per heavy atom. The smallest absolute Gasteiger partial charge is 0.338 e. The largest absolute Gasteiger partial charge is 0.457 e. The Balaban J connectivity index is 1.90. The molecule has 6 nitrogen and oxygen atoms in total. The zero-order valence-corrected chi connectivity index (χ0v) is 15.5. The van der Waals surface area contributed by atoms with Gasteiger partial charge in [0.15, 0.2) is 5.69 Å². The van der Waals surface area contributed by atoms with Crippen LogP contribution in [-0.2, 0) is 0 Å². The molecule has 0 unspecified atom stereocenters. The molecule has 0 aliphatic rings. The Bertz CT molecular complexity index is 985. The number of aromatic nitrogens is 1. The Labute approximate surface area is 152 Å². The Hall–Kier alpha value is -2.67. The van der Waals surface area contributed by atoms with Crippen molar-refractivity contribution in [2.75, 3.05) is 0 Å². The molecule has 0 saturated carbocycles. The molecule has 7 heteroatoms. The van der Waals surface area contributed by atoms with E-state index in [1.807, 2.05) is 26.0 Å². The van der Waals surface area contributed by atoms with Crippen LogP contribution in [0.4, 0.5) is 5.69 Å². The molecule has 2 heterocycles. The summed E-state index contributed by atoms with van der Waals surface area (Å²) in [7, 11) is 0. The summed E-state index contributed by atoms with van der Waals surface area (Å²) >= 11 is 3.55. The van der Waals surface area contributed by atoms with Crippen molar-refractivity contribution in [1.82, 2.24) is 5.16 Å². The molecule has 3 aromatic rings. The van der Waals surface area contributed by atoms with E-state index in [9.17, 15) is 10.1 Å². The zero-order chi connectivity index (χ0) is 18.1. The van der Waals surface area contributed by atoms with Gasteiger partial charge in [-0.25, -0.2) is 0 Å². The number of halogens is 1. The normalized spacial score (nSPS) is 11.4. The highest BCUT2D eigenvalue weighted by molar-refractivity contribution is 9.10. The van der Waals surface area contributed by atoms with Crippen LogP contribution in [0.15, 0.2) is 37.7 Å². The van der Waals surface area contributed by atoms with Gasteiger partial charge in [0, 0.05) is 10.0 Å². The van der Waals surface area contributed by atoms with Crippen LogP contribution in [0.25, 0.3) is 23.5 Å². The van der Waals surface area contributed by atoms with Crippen molar-refractivity contribution < 1.29 is 13.9 Å². The van der Waals surface area contributed by atoms with Gasteiger partial charge in [0.1, 0.15) is 11.5 Å². The summed E-state index contributed by atoms with van der Waals surface area (Å²) in [6.07, 6.45) is 3.10. The average molecular weight is 403 g/mol. The number of rotatable bonds is 4. The first-order chi connectivity index (χ1) is 11.9. The molecule has 0 spiro atoms. The van der Waals surface area contributed by atoms with Gasteiger partial charge in [0.25, 0.3) is 0 Å². The molecule has 25 heavy (non-hydrogen) atoms. The molecule has 0 bridgehead atoms. The fourth-order valence-electron chi connectivity index (χ4n) is 2.43. The van der Waals surface area contributed by atoms with Gasteiger partial charge in [-0.2, -0.15) is 0 Å². The van der Waals surface area contributed by atoms with Gasteiger partial charge in [-0.1, -0.05) is 21.1 Å². The summed E-state index contributed by atoms with van der Waals surface area (Å²) in [5.41, 5.74) is 3.41. The van der Waals surface area contributed by atoms with E-state index in [2.05, 4.69) is 27.2 Å². The van der Waals surface area contributed by atoms with Crippen LogP contribution in [0.1, 0.15) is 28.3 Å². The molecule has 1 aromatic carbocycles. The summed E-state index contributed by atoms with van der Waals surface area (Å²) < 4.78 is 11.8. The molecular weight excluding hydrogens is 388 g/mol. The van der Waals surface area contributed by atoms with Crippen molar-refractivity contribution in [3.63, 3.8) is 0 Å². The van der Waals surface area contributed by atoms with Gasteiger partial charge in [-0.3, -0.25) is 10.1 Å². The standard InChI is InChI=1S/C18H15BrN2O4/c1-10-8-14(15(19)9-11(10)2)16-6-4-13(24-16)5-7-17-18(21(22)23)12(3)20-25-17/h4-9H,1-3H3/b7-5+. The molecule has 0 saturated heterocycles. The van der Waals surface area contributed by atoms with E-state index in [0.717, 1.165) is 10.0 Å². The van der Waals surface area contributed by atoms with Crippen molar-refractivity contribution in [3.8, 4) is 11.3 Å². The van der Waals surface area contributed by atoms with Crippen LogP contribution in [0.5, 0.6) is 0 Å². The maximum atomic E-state index is 11.0. The van der Waals surface area contributed by atoms with E-state index in [1.54, 1.807) is 12.1 Å². The Morgan fingerprint density at radius 2 is 1.88 bits per heavy atom. The fourth-order valence-corrected chi connectivity index (χ4v) is 3.08. The van der Waals surface area contributed by atoms with Crippen LogP contribution in [-0.4, -0.2) is 10.1 Å². The van der Waals surface area contributed by atoms with Crippen molar-refractivity contribution >= 4 is 33.8 Å². The number of nitro groups is 1. The fraction of sp³-hybridized carbons (Fsp3) is 0.167. The Kier molecular flexibility index (Phi) is 4.59. The van der Waals surface area contributed by atoms with Gasteiger partial charge in [0.2, 0.25) is 5.76 Å². The summed E-state index contributed by atoms with van der Waals surface area (Å²) in [4.78, 5) is 10.5. The van der Waals surface area contributed by atoms with E-state index < -0.39 is 4.92 Å². The summed E-state index contributed by atoms with van der Waals surface area (Å²) in [5.74, 6) is 1.36. The molecule has 0 amide bonds. The SMILES string of the molecule is Cc1cc(Br)c(-c2ccc(/C=C/c3onc(C)c3[N+](=O)[O-])o2)cc1C. The maximum absolute atomic E-state index is 11.0. The third-order valence-electron chi connectivity index (χ3n) is 3.91. The summed E-state index contributed by atoms with van der Waals surface area (Å²) in [6, 6.07) is 7.75. The van der Waals surface area contributed by atoms with Crippen LogP contribution >= 0.6 is 15.9 Å². The summed E-state index contributed by atoms with van der Waals surface area (Å²) in [5, 5.41) is 14.7. The first kappa shape index (κ1) is 17.2.